The Hall–Kier alpha value is 0.310. The Bertz CT molecular complexity index is 127. The predicted molar refractivity (Wildman–Crippen MR) is 66.8 cm³/mol. The van der Waals surface area contributed by atoms with Crippen LogP contribution in [0.4, 0.5) is 0 Å². The van der Waals surface area contributed by atoms with E-state index in [2.05, 4.69) is 26.5 Å². The van der Waals surface area contributed by atoms with E-state index in [4.69, 9.17) is 0 Å². The van der Waals surface area contributed by atoms with Crippen molar-refractivity contribution in [3.63, 3.8) is 0 Å². The Labute approximate surface area is 94.7 Å². The van der Waals surface area contributed by atoms with Crippen LogP contribution in [0.1, 0.15) is 65.7 Å². The molecule has 0 fully saturated rings. The smallest absolute Gasteiger partial charge is 0.104 e. The molecule has 0 saturated carbocycles. The van der Waals surface area contributed by atoms with Gasteiger partial charge in [0.05, 0.1) is 0 Å². The molecule has 1 N–H and O–H groups in total. The number of aliphatic hydroxyl groups is 1. The molecule has 0 bridgehead atoms. The molecule has 0 rings (SSSR count). The molecular weight excluding hydrogens is 192 g/mol. The summed E-state index contributed by atoms with van der Waals surface area (Å²) in [6, 6.07) is 0. The van der Waals surface area contributed by atoms with Gasteiger partial charge in [0.2, 0.25) is 0 Å². The van der Waals surface area contributed by atoms with Crippen LogP contribution in [0.5, 0.6) is 0 Å². The number of unbranched alkanes of at least 4 members (excludes halogenated alkanes) is 4. The molecular formula is C12H26OS. The van der Waals surface area contributed by atoms with Gasteiger partial charge in [-0.3, -0.25) is 0 Å². The Kier molecular flexibility index (Phi) is 7.75. The quantitative estimate of drug-likeness (QED) is 0.358. The van der Waals surface area contributed by atoms with Crippen molar-refractivity contribution >= 4 is 12.6 Å². The molecule has 1 unspecified atom stereocenters. The maximum Gasteiger partial charge on any atom is 0.104 e. The van der Waals surface area contributed by atoms with Gasteiger partial charge in [0.15, 0.2) is 0 Å². The minimum atomic E-state index is -0.766. The van der Waals surface area contributed by atoms with E-state index < -0.39 is 4.93 Å². The molecule has 1 atom stereocenters. The average molecular weight is 218 g/mol. The lowest BCUT2D eigenvalue weighted by atomic mass is 10.0. The van der Waals surface area contributed by atoms with Gasteiger partial charge in [-0.25, -0.2) is 0 Å². The van der Waals surface area contributed by atoms with Crippen molar-refractivity contribution < 1.29 is 5.11 Å². The summed E-state index contributed by atoms with van der Waals surface area (Å²) in [5.74, 6) is 0.841. The highest BCUT2D eigenvalue weighted by Crippen LogP contribution is 2.19. The van der Waals surface area contributed by atoms with Gasteiger partial charge in [-0.05, 0) is 25.7 Å². The molecule has 0 aliphatic carbocycles. The number of hydrogen-bond donors (Lipinski definition) is 2. The first-order chi connectivity index (χ1) is 6.42. The van der Waals surface area contributed by atoms with E-state index in [9.17, 15) is 5.11 Å². The summed E-state index contributed by atoms with van der Waals surface area (Å²) in [5.41, 5.74) is 0. The summed E-state index contributed by atoms with van der Waals surface area (Å²) in [6.07, 6.45) is 8.48. The predicted octanol–water partition coefficient (Wildman–Crippen LogP) is 4.01. The summed E-state index contributed by atoms with van der Waals surface area (Å²) in [4.78, 5) is -0.766. The minimum absolute atomic E-state index is 0.766. The maximum absolute atomic E-state index is 9.36. The van der Waals surface area contributed by atoms with Crippen LogP contribution in [-0.4, -0.2) is 10.0 Å². The van der Waals surface area contributed by atoms with Crippen molar-refractivity contribution in [2.75, 3.05) is 0 Å². The van der Waals surface area contributed by atoms with Gasteiger partial charge < -0.3 is 5.11 Å². The van der Waals surface area contributed by atoms with Crippen LogP contribution in [0.2, 0.25) is 0 Å². The highest BCUT2D eigenvalue weighted by Gasteiger charge is 2.11. The third-order valence-electron chi connectivity index (χ3n) is 2.43. The summed E-state index contributed by atoms with van der Waals surface area (Å²) < 4.78 is 0. The fourth-order valence-corrected chi connectivity index (χ4v) is 1.70. The Morgan fingerprint density at radius 2 is 1.57 bits per heavy atom. The fraction of sp³-hybridized carbons (Fsp3) is 1.00. The highest BCUT2D eigenvalue weighted by atomic mass is 32.1. The normalized spacial score (nSPS) is 15.9. The fourth-order valence-electron chi connectivity index (χ4n) is 1.54. The van der Waals surface area contributed by atoms with Crippen molar-refractivity contribution in [3.05, 3.63) is 0 Å². The van der Waals surface area contributed by atoms with E-state index in [0.29, 0.717) is 0 Å². The van der Waals surface area contributed by atoms with Crippen LogP contribution >= 0.6 is 12.6 Å². The van der Waals surface area contributed by atoms with Crippen LogP contribution in [0.15, 0.2) is 0 Å². The molecule has 0 saturated heterocycles. The summed E-state index contributed by atoms with van der Waals surface area (Å²) in [7, 11) is 0. The van der Waals surface area contributed by atoms with Gasteiger partial charge in [-0.2, -0.15) is 0 Å². The van der Waals surface area contributed by atoms with E-state index in [0.717, 1.165) is 18.8 Å². The molecule has 0 aromatic carbocycles. The zero-order valence-electron chi connectivity index (χ0n) is 9.92. The van der Waals surface area contributed by atoms with Crippen LogP contribution in [-0.2, 0) is 0 Å². The summed E-state index contributed by atoms with van der Waals surface area (Å²) >= 11 is 4.08. The molecule has 1 nitrogen and oxygen atoms in total. The molecule has 14 heavy (non-hydrogen) atoms. The van der Waals surface area contributed by atoms with Crippen LogP contribution in [0, 0.1) is 5.92 Å². The van der Waals surface area contributed by atoms with Crippen molar-refractivity contribution in [1.29, 1.82) is 0 Å². The first-order valence-corrected chi connectivity index (χ1v) is 6.31. The second kappa shape index (κ2) is 7.58. The van der Waals surface area contributed by atoms with Gasteiger partial charge in [-0.15, -0.1) is 12.6 Å². The maximum atomic E-state index is 9.36. The minimum Gasteiger partial charge on any atom is -0.380 e. The molecule has 86 valence electrons. The third-order valence-corrected chi connectivity index (χ3v) is 2.66. The SMILES string of the molecule is CC(C)CCCCCCCC(C)(O)S. The van der Waals surface area contributed by atoms with Gasteiger partial charge in [-0.1, -0.05) is 46.0 Å². The number of rotatable bonds is 8. The summed E-state index contributed by atoms with van der Waals surface area (Å²) in [6.45, 7) is 6.31. The number of thiol groups is 1. The number of hydrogen-bond acceptors (Lipinski definition) is 2. The lowest BCUT2D eigenvalue weighted by Gasteiger charge is -2.15. The van der Waals surface area contributed by atoms with E-state index in [1.807, 2.05) is 0 Å². The van der Waals surface area contributed by atoms with Gasteiger partial charge >= 0.3 is 0 Å². The highest BCUT2D eigenvalue weighted by molar-refractivity contribution is 7.81. The van der Waals surface area contributed by atoms with Gasteiger partial charge in [0.25, 0.3) is 0 Å². The van der Waals surface area contributed by atoms with E-state index >= 15 is 0 Å². The zero-order chi connectivity index (χ0) is 11.0. The monoisotopic (exact) mass is 218 g/mol. The Morgan fingerprint density at radius 3 is 2.07 bits per heavy atom. The molecule has 0 aromatic rings. The summed E-state index contributed by atoms with van der Waals surface area (Å²) in [5, 5.41) is 9.36. The molecule has 0 amide bonds. The third kappa shape index (κ3) is 12.3. The molecule has 0 aromatic heterocycles. The largest absolute Gasteiger partial charge is 0.380 e. The first-order valence-electron chi connectivity index (χ1n) is 5.86. The van der Waals surface area contributed by atoms with E-state index in [-0.39, 0.29) is 0 Å². The van der Waals surface area contributed by atoms with Crippen molar-refractivity contribution in [3.8, 4) is 0 Å². The van der Waals surface area contributed by atoms with Gasteiger partial charge in [0, 0.05) is 0 Å². The Balaban J connectivity index is 3.07. The molecule has 0 aliphatic rings. The average Bonchev–Trinajstić information content (AvgIpc) is 2.00. The van der Waals surface area contributed by atoms with Crippen molar-refractivity contribution in [1.82, 2.24) is 0 Å². The van der Waals surface area contributed by atoms with Crippen molar-refractivity contribution in [2.24, 2.45) is 5.92 Å². The topological polar surface area (TPSA) is 20.2 Å². The second-order valence-electron chi connectivity index (χ2n) is 4.92. The molecule has 0 heterocycles. The molecule has 0 spiro atoms. The molecule has 0 aliphatic heterocycles. The Morgan fingerprint density at radius 1 is 1.07 bits per heavy atom. The van der Waals surface area contributed by atoms with Crippen LogP contribution in [0.25, 0.3) is 0 Å². The van der Waals surface area contributed by atoms with Crippen molar-refractivity contribution in [2.45, 2.75) is 70.7 Å². The van der Waals surface area contributed by atoms with Crippen LogP contribution < -0.4 is 0 Å². The standard InChI is InChI=1S/C12H26OS/c1-11(2)9-7-5-4-6-8-10-12(3,13)14/h11,13-14H,4-10H2,1-3H3. The zero-order valence-corrected chi connectivity index (χ0v) is 10.8. The molecule has 0 radical (unpaired) electrons. The molecule has 2 heteroatoms. The van der Waals surface area contributed by atoms with Crippen LogP contribution in [0.3, 0.4) is 0 Å². The second-order valence-corrected chi connectivity index (χ2v) is 5.88. The van der Waals surface area contributed by atoms with Gasteiger partial charge in [0.1, 0.15) is 4.93 Å². The first kappa shape index (κ1) is 14.3. The van der Waals surface area contributed by atoms with E-state index in [1.54, 1.807) is 6.92 Å². The lowest BCUT2D eigenvalue weighted by molar-refractivity contribution is 0.146. The lowest BCUT2D eigenvalue weighted by Crippen LogP contribution is -2.14. The van der Waals surface area contributed by atoms with E-state index in [1.165, 1.54) is 32.1 Å².